The van der Waals surface area contributed by atoms with E-state index in [1.54, 1.807) is 12.1 Å². The summed E-state index contributed by atoms with van der Waals surface area (Å²) in [4.78, 5) is 10.6. The molecular formula is C9H10InO2. The summed E-state index contributed by atoms with van der Waals surface area (Å²) in [6.45, 7) is 3.72. The van der Waals surface area contributed by atoms with Gasteiger partial charge in [-0.05, 0) is 31.0 Å². The second-order valence-corrected chi connectivity index (χ2v) is 2.55. The third kappa shape index (κ3) is 2.27. The number of benzene rings is 1. The van der Waals surface area contributed by atoms with Crippen LogP contribution in [0.25, 0.3) is 0 Å². The minimum atomic E-state index is -0.855. The molecule has 0 aromatic heterocycles. The minimum Gasteiger partial charge on any atom is -0.478 e. The van der Waals surface area contributed by atoms with Crippen molar-refractivity contribution in [3.8, 4) is 0 Å². The van der Waals surface area contributed by atoms with Gasteiger partial charge in [0.1, 0.15) is 0 Å². The number of hydrogen-bond donors (Lipinski definition) is 1. The van der Waals surface area contributed by atoms with E-state index in [1.807, 2.05) is 19.9 Å². The first-order valence-corrected chi connectivity index (χ1v) is 3.42. The molecule has 2 nitrogen and oxygen atoms in total. The molecular weight excluding hydrogens is 255 g/mol. The van der Waals surface area contributed by atoms with E-state index in [1.165, 1.54) is 0 Å². The molecule has 0 atom stereocenters. The molecule has 0 amide bonds. The number of rotatable bonds is 1. The Kier molecular flexibility index (Phi) is 4.39. The topological polar surface area (TPSA) is 37.3 Å². The SMILES string of the molecule is Cc1cccc(C(=O)O)c1C.[In]. The maximum Gasteiger partial charge on any atom is 0.335 e. The van der Waals surface area contributed by atoms with E-state index >= 15 is 0 Å². The molecule has 1 rings (SSSR count). The molecule has 12 heavy (non-hydrogen) atoms. The molecule has 3 radical (unpaired) electrons. The number of hydrogen-bond acceptors (Lipinski definition) is 1. The number of aromatic carboxylic acids is 1. The maximum absolute atomic E-state index is 10.6. The predicted molar refractivity (Wildman–Crippen MR) is 48.6 cm³/mol. The van der Waals surface area contributed by atoms with Crippen LogP contribution in [0, 0.1) is 13.8 Å². The van der Waals surface area contributed by atoms with Crippen molar-refractivity contribution < 1.29 is 9.90 Å². The average molecular weight is 265 g/mol. The zero-order chi connectivity index (χ0) is 8.43. The molecule has 61 valence electrons. The standard InChI is InChI=1S/C9H10O2.In/c1-6-4-3-5-8(7(6)2)9(10)11;/h3-5H,1-2H3,(H,10,11);. The number of aryl methyl sites for hydroxylation is 1. The summed E-state index contributed by atoms with van der Waals surface area (Å²) in [7, 11) is 0. The van der Waals surface area contributed by atoms with E-state index in [0.29, 0.717) is 5.56 Å². The average Bonchev–Trinajstić information content (AvgIpc) is 1.94. The molecule has 0 spiro atoms. The fraction of sp³-hybridized carbons (Fsp3) is 0.222. The van der Waals surface area contributed by atoms with Crippen molar-refractivity contribution in [3.05, 3.63) is 34.9 Å². The van der Waals surface area contributed by atoms with Crippen molar-refractivity contribution >= 4 is 31.8 Å². The van der Waals surface area contributed by atoms with Gasteiger partial charge in [0.25, 0.3) is 0 Å². The Balaban J connectivity index is 0.00000121. The summed E-state index contributed by atoms with van der Waals surface area (Å²) in [6.07, 6.45) is 0. The summed E-state index contributed by atoms with van der Waals surface area (Å²) >= 11 is 0. The van der Waals surface area contributed by atoms with E-state index in [9.17, 15) is 4.79 Å². The Morgan fingerprint density at radius 3 is 2.33 bits per heavy atom. The van der Waals surface area contributed by atoms with Crippen LogP contribution in [-0.2, 0) is 0 Å². The van der Waals surface area contributed by atoms with Gasteiger partial charge in [0.15, 0.2) is 0 Å². The van der Waals surface area contributed by atoms with E-state index in [4.69, 9.17) is 5.11 Å². The van der Waals surface area contributed by atoms with E-state index in [2.05, 4.69) is 0 Å². The smallest absolute Gasteiger partial charge is 0.335 e. The summed E-state index contributed by atoms with van der Waals surface area (Å²) in [5, 5.41) is 8.69. The fourth-order valence-electron chi connectivity index (χ4n) is 0.983. The zero-order valence-corrected chi connectivity index (χ0v) is 10.5. The van der Waals surface area contributed by atoms with Crippen LogP contribution in [0.5, 0.6) is 0 Å². The largest absolute Gasteiger partial charge is 0.478 e. The molecule has 1 aromatic rings. The molecule has 0 saturated carbocycles. The Hall–Kier alpha value is -0.440. The first-order chi connectivity index (χ1) is 5.13. The third-order valence-electron chi connectivity index (χ3n) is 1.84. The Bertz CT molecular complexity index is 295. The summed E-state index contributed by atoms with van der Waals surface area (Å²) in [5.41, 5.74) is 2.26. The van der Waals surface area contributed by atoms with E-state index < -0.39 is 5.97 Å². The van der Waals surface area contributed by atoms with Gasteiger partial charge in [-0.1, -0.05) is 12.1 Å². The van der Waals surface area contributed by atoms with Crippen LogP contribution in [0.3, 0.4) is 0 Å². The zero-order valence-electron chi connectivity index (χ0n) is 7.16. The van der Waals surface area contributed by atoms with Crippen LogP contribution in [0.15, 0.2) is 18.2 Å². The minimum absolute atomic E-state index is 0. The molecule has 0 aliphatic carbocycles. The van der Waals surface area contributed by atoms with Crippen molar-refractivity contribution in [2.24, 2.45) is 0 Å². The fourth-order valence-corrected chi connectivity index (χ4v) is 0.983. The Labute approximate surface area is 90.4 Å². The Morgan fingerprint density at radius 1 is 1.33 bits per heavy atom. The van der Waals surface area contributed by atoms with Crippen molar-refractivity contribution in [1.29, 1.82) is 0 Å². The second-order valence-electron chi connectivity index (χ2n) is 2.55. The van der Waals surface area contributed by atoms with Crippen molar-refractivity contribution in [1.82, 2.24) is 0 Å². The quantitative estimate of drug-likeness (QED) is 0.837. The van der Waals surface area contributed by atoms with Gasteiger partial charge in [0.2, 0.25) is 0 Å². The van der Waals surface area contributed by atoms with Gasteiger partial charge in [-0.3, -0.25) is 0 Å². The number of carboxylic acids is 1. The molecule has 1 aromatic carbocycles. The van der Waals surface area contributed by atoms with Gasteiger partial charge >= 0.3 is 5.97 Å². The summed E-state index contributed by atoms with van der Waals surface area (Å²) in [5.74, 6) is -0.855. The first-order valence-electron chi connectivity index (χ1n) is 3.42. The van der Waals surface area contributed by atoms with Crippen LogP contribution in [0.1, 0.15) is 21.5 Å². The van der Waals surface area contributed by atoms with Gasteiger partial charge < -0.3 is 5.11 Å². The van der Waals surface area contributed by atoms with Gasteiger partial charge in [-0.25, -0.2) is 4.79 Å². The van der Waals surface area contributed by atoms with Gasteiger partial charge in [-0.2, -0.15) is 0 Å². The molecule has 1 N–H and O–H groups in total. The van der Waals surface area contributed by atoms with Crippen LogP contribution < -0.4 is 0 Å². The molecule has 0 unspecified atom stereocenters. The maximum atomic E-state index is 10.6. The van der Waals surface area contributed by atoms with Crippen molar-refractivity contribution in [2.75, 3.05) is 0 Å². The third-order valence-corrected chi connectivity index (χ3v) is 1.84. The van der Waals surface area contributed by atoms with Gasteiger partial charge in [0, 0.05) is 25.8 Å². The van der Waals surface area contributed by atoms with Crippen LogP contribution in [-0.4, -0.2) is 36.9 Å². The molecule has 0 saturated heterocycles. The van der Waals surface area contributed by atoms with Gasteiger partial charge in [-0.15, -0.1) is 0 Å². The van der Waals surface area contributed by atoms with Gasteiger partial charge in [0.05, 0.1) is 5.56 Å². The summed E-state index contributed by atoms with van der Waals surface area (Å²) < 4.78 is 0. The predicted octanol–water partition coefficient (Wildman–Crippen LogP) is 1.62. The monoisotopic (exact) mass is 265 g/mol. The summed E-state index contributed by atoms with van der Waals surface area (Å²) in [6, 6.07) is 5.28. The van der Waals surface area contributed by atoms with Crippen molar-refractivity contribution in [3.63, 3.8) is 0 Å². The first kappa shape index (κ1) is 11.6. The van der Waals surface area contributed by atoms with Crippen LogP contribution in [0.4, 0.5) is 0 Å². The van der Waals surface area contributed by atoms with Crippen molar-refractivity contribution in [2.45, 2.75) is 13.8 Å². The van der Waals surface area contributed by atoms with E-state index in [0.717, 1.165) is 11.1 Å². The molecule has 0 bridgehead atoms. The second kappa shape index (κ2) is 4.55. The number of carboxylic acid groups (broad SMARTS) is 1. The normalized spacial score (nSPS) is 8.83. The Morgan fingerprint density at radius 2 is 1.92 bits per heavy atom. The molecule has 0 aliphatic heterocycles. The molecule has 0 heterocycles. The van der Waals surface area contributed by atoms with Crippen LogP contribution in [0.2, 0.25) is 0 Å². The molecule has 3 heteroatoms. The molecule has 0 fully saturated rings. The van der Waals surface area contributed by atoms with Crippen LogP contribution >= 0.6 is 0 Å². The molecule has 0 aliphatic rings. The number of carbonyl (C=O) groups is 1. The van der Waals surface area contributed by atoms with E-state index in [-0.39, 0.29) is 25.8 Å².